The van der Waals surface area contributed by atoms with Gasteiger partial charge in [0.05, 0.1) is 16.9 Å². The highest BCUT2D eigenvalue weighted by Crippen LogP contribution is 2.26. The number of nitrogens with two attached hydrogens (primary N) is 1. The van der Waals surface area contributed by atoms with E-state index in [1.807, 2.05) is 0 Å². The molecule has 0 aliphatic carbocycles. The number of carboxylic acid groups (broad SMARTS) is 1. The Morgan fingerprint density at radius 1 is 1.30 bits per heavy atom. The number of nitrogens with one attached hydrogen (secondary N) is 1. The van der Waals surface area contributed by atoms with Gasteiger partial charge in [-0.1, -0.05) is 6.07 Å². The van der Waals surface area contributed by atoms with Crippen LogP contribution in [0.5, 0.6) is 0 Å². The van der Waals surface area contributed by atoms with Gasteiger partial charge in [0.15, 0.2) is 0 Å². The second-order valence-corrected chi connectivity index (χ2v) is 4.01. The molecule has 0 saturated heterocycles. The number of anilines is 3. The van der Waals surface area contributed by atoms with Crippen LogP contribution in [0, 0.1) is 17.1 Å². The van der Waals surface area contributed by atoms with Gasteiger partial charge in [0.25, 0.3) is 0 Å². The minimum Gasteiger partial charge on any atom is -0.478 e. The van der Waals surface area contributed by atoms with Crippen LogP contribution in [0.1, 0.15) is 15.9 Å². The van der Waals surface area contributed by atoms with E-state index < -0.39 is 11.8 Å². The SMILES string of the molecule is N#Cc1c(F)cccc1Nc1ccc(N)cc1C(=O)O. The van der Waals surface area contributed by atoms with Crippen molar-refractivity contribution in [2.75, 3.05) is 11.1 Å². The number of aromatic carboxylic acids is 1. The molecule has 2 aromatic carbocycles. The Balaban J connectivity index is 2.49. The predicted octanol–water partition coefficient (Wildman–Crippen LogP) is 2.72. The van der Waals surface area contributed by atoms with Crippen molar-refractivity contribution < 1.29 is 14.3 Å². The molecule has 100 valence electrons. The molecule has 0 fully saturated rings. The third-order valence-corrected chi connectivity index (χ3v) is 2.67. The molecule has 2 rings (SSSR count). The summed E-state index contributed by atoms with van der Waals surface area (Å²) >= 11 is 0. The van der Waals surface area contributed by atoms with Gasteiger partial charge >= 0.3 is 5.97 Å². The minimum atomic E-state index is -1.17. The van der Waals surface area contributed by atoms with E-state index in [0.29, 0.717) is 5.69 Å². The molecule has 2 aromatic rings. The zero-order valence-corrected chi connectivity index (χ0v) is 10.2. The normalized spacial score (nSPS) is 9.80. The van der Waals surface area contributed by atoms with Crippen LogP contribution in [0.3, 0.4) is 0 Å². The summed E-state index contributed by atoms with van der Waals surface area (Å²) in [6, 6.07) is 10.1. The molecule has 0 aliphatic rings. The standard InChI is InChI=1S/C14H10FN3O2/c15-11-2-1-3-12(10(11)7-16)18-13-5-4-8(17)6-9(13)14(19)20/h1-6,18H,17H2,(H,19,20). The van der Waals surface area contributed by atoms with E-state index in [2.05, 4.69) is 5.32 Å². The fourth-order valence-corrected chi connectivity index (χ4v) is 1.73. The molecule has 6 heteroatoms. The molecule has 20 heavy (non-hydrogen) atoms. The summed E-state index contributed by atoms with van der Waals surface area (Å²) in [5.41, 5.74) is 6.02. The number of nitriles is 1. The Morgan fingerprint density at radius 3 is 2.70 bits per heavy atom. The summed E-state index contributed by atoms with van der Waals surface area (Å²) < 4.78 is 13.5. The Hall–Kier alpha value is -3.07. The first-order valence-corrected chi connectivity index (χ1v) is 5.61. The fraction of sp³-hybridized carbons (Fsp3) is 0. The van der Waals surface area contributed by atoms with E-state index >= 15 is 0 Å². The number of hydrogen-bond donors (Lipinski definition) is 3. The van der Waals surface area contributed by atoms with Crippen molar-refractivity contribution in [3.63, 3.8) is 0 Å². The van der Waals surface area contributed by atoms with Crippen LogP contribution in [0.25, 0.3) is 0 Å². The van der Waals surface area contributed by atoms with Crippen LogP contribution < -0.4 is 11.1 Å². The van der Waals surface area contributed by atoms with E-state index in [0.717, 1.165) is 6.07 Å². The van der Waals surface area contributed by atoms with Gasteiger partial charge in [-0.25, -0.2) is 9.18 Å². The van der Waals surface area contributed by atoms with Crippen molar-refractivity contribution >= 4 is 23.0 Å². The number of nitrogen functional groups attached to an aromatic ring is 1. The van der Waals surface area contributed by atoms with Crippen LogP contribution in [0.4, 0.5) is 21.5 Å². The van der Waals surface area contributed by atoms with Gasteiger partial charge in [0, 0.05) is 5.69 Å². The lowest BCUT2D eigenvalue weighted by Crippen LogP contribution is -2.05. The Kier molecular flexibility index (Phi) is 3.53. The molecule has 0 amide bonds. The Bertz CT molecular complexity index is 723. The van der Waals surface area contributed by atoms with E-state index in [9.17, 15) is 9.18 Å². The van der Waals surface area contributed by atoms with Gasteiger partial charge in [-0.05, 0) is 30.3 Å². The summed E-state index contributed by atoms with van der Waals surface area (Å²) in [5.74, 6) is -1.85. The quantitative estimate of drug-likeness (QED) is 0.745. The molecule has 0 atom stereocenters. The molecule has 0 bridgehead atoms. The van der Waals surface area contributed by atoms with Gasteiger partial charge in [0.2, 0.25) is 0 Å². The molecule has 0 saturated carbocycles. The maximum absolute atomic E-state index is 13.5. The van der Waals surface area contributed by atoms with E-state index in [1.165, 1.54) is 30.3 Å². The summed E-state index contributed by atoms with van der Waals surface area (Å²) in [4.78, 5) is 11.2. The zero-order chi connectivity index (χ0) is 14.7. The average molecular weight is 271 g/mol. The van der Waals surface area contributed by atoms with Crippen LogP contribution in [-0.2, 0) is 0 Å². The summed E-state index contributed by atoms with van der Waals surface area (Å²) in [6.07, 6.45) is 0. The highest BCUT2D eigenvalue weighted by molar-refractivity contribution is 5.96. The highest BCUT2D eigenvalue weighted by Gasteiger charge is 2.13. The first-order chi connectivity index (χ1) is 9.52. The molecular formula is C14H10FN3O2. The number of nitrogens with zero attached hydrogens (tertiary/aromatic N) is 1. The molecule has 5 nitrogen and oxygen atoms in total. The number of benzene rings is 2. The van der Waals surface area contributed by atoms with Crippen molar-refractivity contribution in [1.82, 2.24) is 0 Å². The largest absolute Gasteiger partial charge is 0.478 e. The van der Waals surface area contributed by atoms with Crippen LogP contribution in [0.15, 0.2) is 36.4 Å². The molecule has 0 radical (unpaired) electrons. The zero-order valence-electron chi connectivity index (χ0n) is 10.2. The molecule has 4 N–H and O–H groups in total. The first-order valence-electron chi connectivity index (χ1n) is 5.61. The van der Waals surface area contributed by atoms with Crippen molar-refractivity contribution in [3.05, 3.63) is 53.3 Å². The summed E-state index contributed by atoms with van der Waals surface area (Å²) in [6.45, 7) is 0. The van der Waals surface area contributed by atoms with Gasteiger partial charge in [-0.15, -0.1) is 0 Å². The van der Waals surface area contributed by atoms with Crippen molar-refractivity contribution in [1.29, 1.82) is 5.26 Å². The molecule has 0 aromatic heterocycles. The number of carbonyl (C=O) groups is 1. The monoisotopic (exact) mass is 271 g/mol. The predicted molar refractivity (Wildman–Crippen MR) is 72.2 cm³/mol. The van der Waals surface area contributed by atoms with Crippen molar-refractivity contribution in [2.24, 2.45) is 0 Å². The number of carboxylic acids is 1. The van der Waals surface area contributed by atoms with Crippen LogP contribution in [0.2, 0.25) is 0 Å². The number of hydrogen-bond acceptors (Lipinski definition) is 4. The highest BCUT2D eigenvalue weighted by atomic mass is 19.1. The van der Waals surface area contributed by atoms with Gasteiger partial charge < -0.3 is 16.2 Å². The van der Waals surface area contributed by atoms with E-state index in [4.69, 9.17) is 16.1 Å². The molecule has 0 aliphatic heterocycles. The van der Waals surface area contributed by atoms with Crippen LogP contribution in [-0.4, -0.2) is 11.1 Å². The number of halogens is 1. The third kappa shape index (κ3) is 2.52. The van der Waals surface area contributed by atoms with Gasteiger partial charge in [-0.3, -0.25) is 0 Å². The smallest absolute Gasteiger partial charge is 0.337 e. The lowest BCUT2D eigenvalue weighted by Gasteiger charge is -2.11. The van der Waals surface area contributed by atoms with Crippen molar-refractivity contribution in [2.45, 2.75) is 0 Å². The number of rotatable bonds is 3. The lowest BCUT2D eigenvalue weighted by molar-refractivity contribution is 0.0698. The lowest BCUT2D eigenvalue weighted by atomic mass is 10.1. The van der Waals surface area contributed by atoms with Gasteiger partial charge in [0.1, 0.15) is 17.4 Å². The van der Waals surface area contributed by atoms with Crippen LogP contribution >= 0.6 is 0 Å². The maximum atomic E-state index is 13.5. The van der Waals surface area contributed by atoms with Gasteiger partial charge in [-0.2, -0.15) is 5.26 Å². The molecular weight excluding hydrogens is 261 g/mol. The Labute approximate surface area is 114 Å². The summed E-state index contributed by atoms with van der Waals surface area (Å²) in [5, 5.41) is 20.8. The minimum absolute atomic E-state index is 0.0573. The van der Waals surface area contributed by atoms with E-state index in [-0.39, 0.29) is 22.5 Å². The van der Waals surface area contributed by atoms with Crippen molar-refractivity contribution in [3.8, 4) is 6.07 Å². The third-order valence-electron chi connectivity index (χ3n) is 2.67. The fourth-order valence-electron chi connectivity index (χ4n) is 1.73. The second-order valence-electron chi connectivity index (χ2n) is 4.01. The van der Waals surface area contributed by atoms with E-state index in [1.54, 1.807) is 6.07 Å². The first kappa shape index (κ1) is 13.4. The second kappa shape index (κ2) is 5.28. The maximum Gasteiger partial charge on any atom is 0.337 e. The topological polar surface area (TPSA) is 99.1 Å². The average Bonchev–Trinajstić information content (AvgIpc) is 2.41. The summed E-state index contributed by atoms with van der Waals surface area (Å²) in [7, 11) is 0. The Morgan fingerprint density at radius 2 is 2.05 bits per heavy atom. The molecule has 0 unspecified atom stereocenters. The molecule has 0 spiro atoms. The molecule has 0 heterocycles.